The molecule has 0 unspecified atom stereocenters. The zero-order valence-electron chi connectivity index (χ0n) is 14.4. The Morgan fingerprint density at radius 2 is 2.08 bits per heavy atom. The van der Waals surface area contributed by atoms with Crippen LogP contribution in [0.25, 0.3) is 22.0 Å². The highest BCUT2D eigenvalue weighted by atomic mass is 19.1. The van der Waals surface area contributed by atoms with E-state index in [4.69, 9.17) is 10.5 Å². The smallest absolute Gasteiger partial charge is 0.272 e. The van der Waals surface area contributed by atoms with Crippen LogP contribution in [0.3, 0.4) is 0 Å². The molecular formula is C18H18FN5O2. The predicted octanol–water partition coefficient (Wildman–Crippen LogP) is 2.56. The highest BCUT2D eigenvalue weighted by Gasteiger charge is 2.20. The second-order valence-electron chi connectivity index (χ2n) is 5.60. The van der Waals surface area contributed by atoms with Crippen LogP contribution < -0.4 is 15.8 Å². The van der Waals surface area contributed by atoms with Gasteiger partial charge in [-0.05, 0) is 18.6 Å². The van der Waals surface area contributed by atoms with Gasteiger partial charge in [-0.15, -0.1) is 0 Å². The predicted molar refractivity (Wildman–Crippen MR) is 96.3 cm³/mol. The summed E-state index contributed by atoms with van der Waals surface area (Å²) in [5.41, 5.74) is 6.93. The minimum absolute atomic E-state index is 0.109. The van der Waals surface area contributed by atoms with Crippen molar-refractivity contribution < 1.29 is 13.9 Å². The average Bonchev–Trinajstić information content (AvgIpc) is 2.66. The normalized spacial score (nSPS) is 10.7. The summed E-state index contributed by atoms with van der Waals surface area (Å²) < 4.78 is 19.8. The third-order valence-electron chi connectivity index (χ3n) is 3.95. The molecule has 26 heavy (non-hydrogen) atoms. The van der Waals surface area contributed by atoms with E-state index in [1.54, 1.807) is 0 Å². The number of nitrogens with one attached hydrogen (secondary N) is 1. The van der Waals surface area contributed by atoms with E-state index in [1.165, 1.54) is 38.0 Å². The number of pyridine rings is 1. The molecule has 1 aromatic carbocycles. The summed E-state index contributed by atoms with van der Waals surface area (Å²) in [4.78, 5) is 24.4. The van der Waals surface area contributed by atoms with Crippen LogP contribution in [0.1, 0.15) is 23.8 Å². The van der Waals surface area contributed by atoms with Crippen LogP contribution in [0.15, 0.2) is 30.9 Å². The van der Waals surface area contributed by atoms with Crippen LogP contribution in [0.4, 0.5) is 10.1 Å². The van der Waals surface area contributed by atoms with Crippen molar-refractivity contribution in [2.24, 2.45) is 0 Å². The first-order chi connectivity index (χ1) is 12.6. The Morgan fingerprint density at radius 3 is 2.81 bits per heavy atom. The molecule has 3 N–H and O–H groups in total. The fourth-order valence-electron chi connectivity index (χ4n) is 2.69. The fraction of sp³-hybridized carbons (Fsp3) is 0.222. The van der Waals surface area contributed by atoms with Gasteiger partial charge in [0.15, 0.2) is 11.4 Å². The van der Waals surface area contributed by atoms with Gasteiger partial charge < -0.3 is 15.8 Å². The summed E-state index contributed by atoms with van der Waals surface area (Å²) in [6.07, 6.45) is 4.97. The van der Waals surface area contributed by atoms with Gasteiger partial charge in [-0.1, -0.05) is 6.92 Å². The molecule has 0 aliphatic carbocycles. The molecule has 0 atom stereocenters. The molecule has 0 saturated carbocycles. The SMILES string of the molecule is CCCNC(=O)c1ncc2c(-c3ncncc3OC)c(F)ccc2c1N. The first-order valence-electron chi connectivity index (χ1n) is 8.07. The van der Waals surface area contributed by atoms with E-state index in [1.807, 2.05) is 6.92 Å². The molecule has 0 spiro atoms. The number of carbonyl (C=O) groups excluding carboxylic acids is 1. The van der Waals surface area contributed by atoms with Gasteiger partial charge in [-0.25, -0.2) is 19.3 Å². The largest absolute Gasteiger partial charge is 0.493 e. The number of benzene rings is 1. The van der Waals surface area contributed by atoms with Crippen molar-refractivity contribution in [2.75, 3.05) is 19.4 Å². The van der Waals surface area contributed by atoms with Crippen molar-refractivity contribution in [3.63, 3.8) is 0 Å². The van der Waals surface area contributed by atoms with Crippen LogP contribution in [0.2, 0.25) is 0 Å². The number of aromatic nitrogens is 3. The lowest BCUT2D eigenvalue weighted by atomic mass is 10.0. The maximum Gasteiger partial charge on any atom is 0.272 e. The van der Waals surface area contributed by atoms with Gasteiger partial charge >= 0.3 is 0 Å². The summed E-state index contributed by atoms with van der Waals surface area (Å²) in [6.45, 7) is 2.46. The summed E-state index contributed by atoms with van der Waals surface area (Å²) >= 11 is 0. The number of amides is 1. The van der Waals surface area contributed by atoms with Gasteiger partial charge in [-0.3, -0.25) is 4.79 Å². The Morgan fingerprint density at radius 1 is 1.27 bits per heavy atom. The van der Waals surface area contributed by atoms with Crippen LogP contribution in [-0.4, -0.2) is 34.5 Å². The van der Waals surface area contributed by atoms with Gasteiger partial charge in [0.05, 0.1) is 19.0 Å². The van der Waals surface area contributed by atoms with Crippen LogP contribution in [-0.2, 0) is 0 Å². The lowest BCUT2D eigenvalue weighted by Crippen LogP contribution is -2.26. The molecule has 8 heteroatoms. The Balaban J connectivity index is 2.22. The van der Waals surface area contributed by atoms with Crippen LogP contribution in [0.5, 0.6) is 5.75 Å². The summed E-state index contributed by atoms with van der Waals surface area (Å²) in [7, 11) is 1.45. The number of fused-ring (bicyclic) bond motifs is 1. The maximum absolute atomic E-state index is 14.6. The Labute approximate surface area is 149 Å². The lowest BCUT2D eigenvalue weighted by molar-refractivity contribution is 0.0950. The minimum Gasteiger partial charge on any atom is -0.493 e. The minimum atomic E-state index is -0.501. The monoisotopic (exact) mass is 355 g/mol. The molecule has 0 aliphatic heterocycles. The molecule has 0 saturated heterocycles. The standard InChI is InChI=1S/C18H18FN5O2/c1-3-6-22-18(25)17-15(20)10-4-5-12(19)14(11(10)7-23-17)16-13(26-2)8-21-9-24-16/h4-5,7-9H,3,6,20H2,1-2H3,(H,22,25). The van der Waals surface area contributed by atoms with Gasteiger partial charge in [0.25, 0.3) is 5.91 Å². The van der Waals surface area contributed by atoms with E-state index in [9.17, 15) is 9.18 Å². The molecule has 134 valence electrons. The highest BCUT2D eigenvalue weighted by Crippen LogP contribution is 2.36. The Hall–Kier alpha value is -3.29. The molecule has 2 heterocycles. The molecule has 7 nitrogen and oxygen atoms in total. The number of hydrogen-bond donors (Lipinski definition) is 2. The van der Waals surface area contributed by atoms with Crippen molar-refractivity contribution >= 4 is 22.4 Å². The van der Waals surface area contributed by atoms with Gasteiger partial charge in [-0.2, -0.15) is 0 Å². The first kappa shape index (κ1) is 17.5. The number of methoxy groups -OCH3 is 1. The number of rotatable bonds is 5. The lowest BCUT2D eigenvalue weighted by Gasteiger charge is -2.13. The average molecular weight is 355 g/mol. The second-order valence-corrected chi connectivity index (χ2v) is 5.60. The maximum atomic E-state index is 14.6. The Bertz CT molecular complexity index is 977. The number of anilines is 1. The van der Waals surface area contributed by atoms with Crippen LogP contribution in [0, 0.1) is 5.82 Å². The number of nitrogens with zero attached hydrogens (tertiary/aromatic N) is 3. The molecular weight excluding hydrogens is 337 g/mol. The van der Waals surface area contributed by atoms with Crippen LogP contribution >= 0.6 is 0 Å². The Kier molecular flexibility index (Phi) is 4.92. The van der Waals surface area contributed by atoms with Gasteiger partial charge in [0.2, 0.25) is 0 Å². The molecule has 0 fully saturated rings. The quantitative estimate of drug-likeness (QED) is 0.729. The third-order valence-corrected chi connectivity index (χ3v) is 3.95. The number of nitrogen functional groups attached to an aromatic ring is 1. The molecule has 1 amide bonds. The molecule has 2 aromatic heterocycles. The zero-order valence-corrected chi connectivity index (χ0v) is 14.4. The van der Waals surface area contributed by atoms with Crippen molar-refractivity contribution in [1.29, 1.82) is 0 Å². The number of carbonyl (C=O) groups is 1. The van der Waals surface area contributed by atoms with E-state index in [-0.39, 0.29) is 28.5 Å². The molecule has 3 aromatic rings. The first-order valence-corrected chi connectivity index (χ1v) is 8.07. The van der Waals surface area contributed by atoms with E-state index in [2.05, 4.69) is 20.3 Å². The van der Waals surface area contributed by atoms with E-state index in [0.717, 1.165) is 6.42 Å². The number of ether oxygens (including phenoxy) is 1. The van der Waals surface area contributed by atoms with Crippen molar-refractivity contribution in [2.45, 2.75) is 13.3 Å². The van der Waals surface area contributed by atoms with Crippen molar-refractivity contribution in [1.82, 2.24) is 20.3 Å². The number of halogens is 1. The van der Waals surface area contributed by atoms with Crippen molar-refractivity contribution in [3.8, 4) is 17.0 Å². The summed E-state index contributed by atoms with van der Waals surface area (Å²) in [5, 5.41) is 3.68. The fourth-order valence-corrected chi connectivity index (χ4v) is 2.69. The molecule has 0 aliphatic rings. The topological polar surface area (TPSA) is 103 Å². The summed E-state index contributed by atoms with van der Waals surface area (Å²) in [5.74, 6) is -0.544. The van der Waals surface area contributed by atoms with E-state index < -0.39 is 5.82 Å². The number of nitrogens with two attached hydrogens (primary N) is 1. The third kappa shape index (κ3) is 3.01. The highest BCUT2D eigenvalue weighted by molar-refractivity contribution is 6.09. The van der Waals surface area contributed by atoms with Crippen molar-refractivity contribution in [3.05, 3.63) is 42.4 Å². The number of hydrogen-bond acceptors (Lipinski definition) is 6. The van der Waals surface area contributed by atoms with E-state index >= 15 is 0 Å². The second kappa shape index (κ2) is 7.30. The molecule has 0 bridgehead atoms. The molecule has 3 rings (SSSR count). The zero-order chi connectivity index (χ0) is 18.7. The molecule has 0 radical (unpaired) electrons. The summed E-state index contributed by atoms with van der Waals surface area (Å²) in [6, 6.07) is 2.80. The van der Waals surface area contributed by atoms with E-state index in [0.29, 0.717) is 23.1 Å². The van der Waals surface area contributed by atoms with Gasteiger partial charge in [0, 0.05) is 29.1 Å². The van der Waals surface area contributed by atoms with Gasteiger partial charge in [0.1, 0.15) is 17.8 Å².